The van der Waals surface area contributed by atoms with Crippen molar-refractivity contribution in [2.24, 2.45) is 5.73 Å². The molecule has 1 aromatic rings. The maximum atomic E-state index is 12.5. The van der Waals surface area contributed by atoms with Crippen LogP contribution >= 0.6 is 11.8 Å². The van der Waals surface area contributed by atoms with Crippen molar-refractivity contribution >= 4 is 17.7 Å². The minimum Gasteiger partial charge on any atom is -0.347 e. The summed E-state index contributed by atoms with van der Waals surface area (Å²) in [5.41, 5.74) is 6.42. The smallest absolute Gasteiger partial charge is 0.271 e. The van der Waals surface area contributed by atoms with Crippen molar-refractivity contribution in [1.29, 1.82) is 0 Å². The highest BCUT2D eigenvalue weighted by Gasteiger charge is 2.26. The molecule has 1 saturated carbocycles. The summed E-state index contributed by atoms with van der Waals surface area (Å²) < 4.78 is 0. The van der Waals surface area contributed by atoms with E-state index in [-0.39, 0.29) is 18.5 Å². The van der Waals surface area contributed by atoms with Crippen LogP contribution < -0.4 is 11.1 Å². The summed E-state index contributed by atoms with van der Waals surface area (Å²) in [5, 5.41) is 3.62. The third-order valence-electron chi connectivity index (χ3n) is 3.67. The van der Waals surface area contributed by atoms with Gasteiger partial charge in [0.05, 0.1) is 12.1 Å². The number of hydrogen-bond acceptors (Lipinski definition) is 4. The number of aromatic nitrogens is 1. The van der Waals surface area contributed by atoms with Gasteiger partial charge in [0.15, 0.2) is 0 Å². The Morgan fingerprint density at radius 3 is 3.10 bits per heavy atom. The molecular weight excluding hydrogens is 282 g/mol. The Kier molecular flexibility index (Phi) is 6.09. The van der Waals surface area contributed by atoms with E-state index in [0.717, 1.165) is 12.8 Å². The first-order chi connectivity index (χ1) is 10.3. The molecule has 0 spiro atoms. The third kappa shape index (κ3) is 4.23. The fourth-order valence-corrected chi connectivity index (χ4v) is 3.55. The molecular formula is C16H21N3OS. The number of nitrogens with zero attached hydrogens (tertiary/aromatic N) is 1. The molecule has 0 bridgehead atoms. The second kappa shape index (κ2) is 8.06. The van der Waals surface area contributed by atoms with Crippen LogP contribution in [0.1, 0.15) is 41.7 Å². The van der Waals surface area contributed by atoms with Gasteiger partial charge in [0.1, 0.15) is 5.69 Å². The summed E-state index contributed by atoms with van der Waals surface area (Å²) in [7, 11) is 0. The van der Waals surface area contributed by atoms with Crippen molar-refractivity contribution in [3.63, 3.8) is 0 Å². The molecule has 1 aromatic heterocycles. The maximum Gasteiger partial charge on any atom is 0.271 e. The molecule has 112 valence electrons. The minimum absolute atomic E-state index is 0.136. The number of thioether (sulfide) groups is 1. The molecule has 1 fully saturated rings. The molecule has 0 aromatic carbocycles. The summed E-state index contributed by atoms with van der Waals surface area (Å²) in [6.07, 6.45) is 8.34. The van der Waals surface area contributed by atoms with Crippen LogP contribution in [0.4, 0.5) is 0 Å². The molecule has 5 heteroatoms. The predicted molar refractivity (Wildman–Crippen MR) is 87.2 cm³/mol. The molecule has 2 atom stereocenters. The van der Waals surface area contributed by atoms with Gasteiger partial charge in [-0.1, -0.05) is 24.7 Å². The molecule has 1 aliphatic rings. The number of pyridine rings is 1. The highest BCUT2D eigenvalue weighted by atomic mass is 32.2. The number of carbonyl (C=O) groups excluding carboxylic acids is 1. The molecule has 21 heavy (non-hydrogen) atoms. The van der Waals surface area contributed by atoms with Crippen molar-refractivity contribution in [2.45, 2.75) is 37.0 Å². The Morgan fingerprint density at radius 2 is 2.33 bits per heavy atom. The lowest BCUT2D eigenvalue weighted by Crippen LogP contribution is -2.44. The molecule has 4 nitrogen and oxygen atoms in total. The fourth-order valence-electron chi connectivity index (χ4n) is 2.61. The summed E-state index contributed by atoms with van der Waals surface area (Å²) in [4.78, 5) is 16.7. The zero-order valence-corrected chi connectivity index (χ0v) is 13.1. The van der Waals surface area contributed by atoms with Gasteiger partial charge in [-0.2, -0.15) is 11.8 Å². The molecule has 1 amide bonds. The number of nitrogens with one attached hydrogen (secondary N) is 1. The van der Waals surface area contributed by atoms with Crippen LogP contribution in [-0.4, -0.2) is 35.0 Å². The quantitative estimate of drug-likeness (QED) is 0.836. The molecule has 1 aliphatic carbocycles. The number of nitrogens with two attached hydrogens (primary N) is 1. The molecule has 0 radical (unpaired) electrons. The van der Waals surface area contributed by atoms with Crippen molar-refractivity contribution in [1.82, 2.24) is 10.3 Å². The lowest BCUT2D eigenvalue weighted by atomic mass is 9.94. The van der Waals surface area contributed by atoms with E-state index in [1.54, 1.807) is 18.3 Å². The van der Waals surface area contributed by atoms with Crippen LogP contribution in [0.3, 0.4) is 0 Å². The standard InChI is InChI=1S/C16H21N3OS/c1-21-14-9-3-2-8-13(14)19-16(20)15-12(6-4-10-17)7-5-11-18-15/h5,7,11,13-14H,2-3,8-10,17H2,1H3,(H,19,20). The topological polar surface area (TPSA) is 68.0 Å². The Balaban J connectivity index is 2.13. The molecule has 1 heterocycles. The van der Waals surface area contributed by atoms with Gasteiger partial charge in [0.25, 0.3) is 5.91 Å². The summed E-state index contributed by atoms with van der Waals surface area (Å²) in [6.45, 7) is 0.271. The van der Waals surface area contributed by atoms with Gasteiger partial charge in [-0.3, -0.25) is 4.79 Å². The zero-order valence-electron chi connectivity index (χ0n) is 12.3. The summed E-state index contributed by atoms with van der Waals surface area (Å²) >= 11 is 1.83. The summed E-state index contributed by atoms with van der Waals surface area (Å²) in [6, 6.07) is 3.80. The van der Waals surface area contributed by atoms with E-state index in [4.69, 9.17) is 5.73 Å². The Labute approximate surface area is 130 Å². The van der Waals surface area contributed by atoms with Crippen LogP contribution in [0.5, 0.6) is 0 Å². The third-order valence-corrected chi connectivity index (χ3v) is 4.84. The Bertz CT molecular complexity index is 550. The first-order valence-electron chi connectivity index (χ1n) is 7.24. The van der Waals surface area contributed by atoms with Crippen LogP contribution in [-0.2, 0) is 0 Å². The second-order valence-electron chi connectivity index (χ2n) is 5.04. The Hall–Kier alpha value is -1.51. The van der Waals surface area contributed by atoms with E-state index in [9.17, 15) is 4.79 Å². The highest BCUT2D eigenvalue weighted by molar-refractivity contribution is 7.99. The van der Waals surface area contributed by atoms with Gasteiger partial charge in [-0.15, -0.1) is 0 Å². The van der Waals surface area contributed by atoms with Crippen LogP contribution in [0.25, 0.3) is 0 Å². The van der Waals surface area contributed by atoms with Gasteiger partial charge in [0, 0.05) is 17.5 Å². The predicted octanol–water partition coefficient (Wildman–Crippen LogP) is 1.80. The second-order valence-corrected chi connectivity index (χ2v) is 6.12. The van der Waals surface area contributed by atoms with Crippen molar-refractivity contribution < 1.29 is 4.79 Å². The SMILES string of the molecule is CSC1CCCCC1NC(=O)c1ncccc1C#CCN. The molecule has 0 aliphatic heterocycles. The van der Waals surface area contributed by atoms with Crippen molar-refractivity contribution in [2.75, 3.05) is 12.8 Å². The van der Waals surface area contributed by atoms with Crippen molar-refractivity contribution in [3.8, 4) is 11.8 Å². The van der Waals surface area contributed by atoms with Crippen LogP contribution in [0, 0.1) is 11.8 Å². The van der Waals surface area contributed by atoms with E-state index in [2.05, 4.69) is 28.4 Å². The highest BCUT2D eigenvalue weighted by Crippen LogP contribution is 2.27. The van der Waals surface area contributed by atoms with Gasteiger partial charge in [-0.25, -0.2) is 4.98 Å². The average Bonchev–Trinajstić information content (AvgIpc) is 2.53. The minimum atomic E-state index is -0.136. The number of carbonyl (C=O) groups is 1. The van der Waals surface area contributed by atoms with E-state index in [1.807, 2.05) is 11.8 Å². The first kappa shape index (κ1) is 15.9. The molecule has 2 unspecified atom stereocenters. The lowest BCUT2D eigenvalue weighted by molar-refractivity contribution is 0.0924. The first-order valence-corrected chi connectivity index (χ1v) is 8.52. The number of hydrogen-bond donors (Lipinski definition) is 2. The van der Waals surface area contributed by atoms with Crippen molar-refractivity contribution in [3.05, 3.63) is 29.6 Å². The van der Waals surface area contributed by atoms with E-state index in [1.165, 1.54) is 12.8 Å². The van der Waals surface area contributed by atoms with Gasteiger partial charge in [-0.05, 0) is 31.2 Å². The largest absolute Gasteiger partial charge is 0.347 e. The van der Waals surface area contributed by atoms with E-state index in [0.29, 0.717) is 16.5 Å². The monoisotopic (exact) mass is 303 g/mol. The molecule has 3 N–H and O–H groups in total. The molecule has 2 rings (SSSR count). The maximum absolute atomic E-state index is 12.5. The van der Waals surface area contributed by atoms with Gasteiger partial charge < -0.3 is 11.1 Å². The van der Waals surface area contributed by atoms with Crippen LogP contribution in [0.2, 0.25) is 0 Å². The number of rotatable bonds is 3. The van der Waals surface area contributed by atoms with E-state index < -0.39 is 0 Å². The lowest BCUT2D eigenvalue weighted by Gasteiger charge is -2.30. The normalized spacial score (nSPS) is 21.2. The summed E-state index contributed by atoms with van der Waals surface area (Å²) in [5.74, 6) is 5.55. The molecule has 0 saturated heterocycles. The van der Waals surface area contributed by atoms with Crippen LogP contribution in [0.15, 0.2) is 18.3 Å². The fraction of sp³-hybridized carbons (Fsp3) is 0.500. The van der Waals surface area contributed by atoms with E-state index >= 15 is 0 Å². The number of amides is 1. The zero-order chi connectivity index (χ0) is 15.1. The Morgan fingerprint density at radius 1 is 1.52 bits per heavy atom. The van der Waals surface area contributed by atoms with Gasteiger partial charge in [0.2, 0.25) is 0 Å². The van der Waals surface area contributed by atoms with Gasteiger partial charge >= 0.3 is 0 Å². The average molecular weight is 303 g/mol.